The van der Waals surface area contributed by atoms with E-state index in [9.17, 15) is 31.5 Å². The number of rotatable bonds is 5. The molecule has 23 heavy (non-hydrogen) atoms. The number of benzene rings is 1. The molecule has 2 amide bonds. The fourth-order valence-electron chi connectivity index (χ4n) is 1.53. The van der Waals surface area contributed by atoms with Crippen molar-refractivity contribution in [3.05, 3.63) is 34.6 Å². The Labute approximate surface area is 127 Å². The van der Waals surface area contributed by atoms with Crippen LogP contribution >= 0.6 is 0 Å². The first-order valence-corrected chi connectivity index (χ1v) is 6.19. The summed E-state index contributed by atoms with van der Waals surface area (Å²) >= 11 is 0. The average molecular weight is 335 g/mol. The Bertz CT molecular complexity index is 658. The van der Waals surface area contributed by atoms with Crippen LogP contribution in [0.25, 0.3) is 0 Å². The summed E-state index contributed by atoms with van der Waals surface area (Å²) in [4.78, 5) is 23.2. The average Bonchev–Trinajstić information content (AvgIpc) is 2.51. The van der Waals surface area contributed by atoms with Gasteiger partial charge in [-0.2, -0.15) is 5.26 Å². The summed E-state index contributed by atoms with van der Waals surface area (Å²) < 4.78 is 65.8. The van der Waals surface area contributed by atoms with Crippen LogP contribution in [0.5, 0.6) is 0 Å². The fourth-order valence-corrected chi connectivity index (χ4v) is 1.53. The van der Waals surface area contributed by atoms with Gasteiger partial charge in [0.15, 0.2) is 23.3 Å². The highest BCUT2D eigenvalue weighted by Crippen LogP contribution is 2.22. The summed E-state index contributed by atoms with van der Waals surface area (Å²) in [7, 11) is 0. The summed E-state index contributed by atoms with van der Waals surface area (Å²) in [6, 6.07) is 0.418. The smallest absolute Gasteiger partial charge is 0.258 e. The van der Waals surface area contributed by atoms with Crippen LogP contribution in [0.3, 0.4) is 0 Å². The zero-order valence-corrected chi connectivity index (χ0v) is 11.6. The lowest BCUT2D eigenvalue weighted by Crippen LogP contribution is -2.45. The van der Waals surface area contributed by atoms with Crippen LogP contribution in [0.1, 0.15) is 23.7 Å². The lowest BCUT2D eigenvalue weighted by atomic mass is 10.1. The van der Waals surface area contributed by atoms with E-state index in [-0.39, 0.29) is 13.0 Å². The maximum absolute atomic E-state index is 13.4. The first-order chi connectivity index (χ1) is 10.7. The molecule has 1 rings (SSSR count). The van der Waals surface area contributed by atoms with E-state index in [2.05, 4.69) is 5.32 Å². The molecule has 0 saturated carbocycles. The normalized spacial score (nSPS) is 11.5. The minimum absolute atomic E-state index is 0.00987. The second kappa shape index (κ2) is 7.53. The van der Waals surface area contributed by atoms with E-state index in [1.807, 2.05) is 5.32 Å². The number of nitriles is 1. The Hall–Kier alpha value is -2.70. The Kier molecular flexibility index (Phi) is 6.01. The molecule has 1 aromatic rings. The molecular formula is C13H10F5N3O2. The van der Waals surface area contributed by atoms with Gasteiger partial charge in [0.1, 0.15) is 11.6 Å². The second-order valence-corrected chi connectivity index (χ2v) is 4.34. The lowest BCUT2D eigenvalue weighted by molar-refractivity contribution is -0.122. The monoisotopic (exact) mass is 335 g/mol. The van der Waals surface area contributed by atoms with Crippen LogP contribution in [0.2, 0.25) is 0 Å². The van der Waals surface area contributed by atoms with Gasteiger partial charge >= 0.3 is 0 Å². The predicted octanol–water partition coefficient (Wildman–Crippen LogP) is 1.53. The molecule has 0 fully saturated rings. The van der Waals surface area contributed by atoms with Crippen molar-refractivity contribution in [3.8, 4) is 6.07 Å². The topological polar surface area (TPSA) is 82.0 Å². The zero-order chi connectivity index (χ0) is 17.7. The molecule has 0 aliphatic rings. The van der Waals surface area contributed by atoms with Crippen LogP contribution in [0.15, 0.2) is 0 Å². The molecule has 0 heterocycles. The molecule has 0 radical (unpaired) electrons. The van der Waals surface area contributed by atoms with E-state index in [1.54, 1.807) is 6.07 Å². The summed E-state index contributed by atoms with van der Waals surface area (Å²) in [5, 5.41) is 12.3. The molecule has 0 unspecified atom stereocenters. The van der Waals surface area contributed by atoms with E-state index in [0.29, 0.717) is 0 Å². The molecule has 124 valence electrons. The number of halogens is 5. The highest BCUT2D eigenvalue weighted by molar-refractivity contribution is 5.97. The van der Waals surface area contributed by atoms with E-state index >= 15 is 0 Å². The number of hydrogen-bond acceptors (Lipinski definition) is 3. The quantitative estimate of drug-likeness (QED) is 0.371. The van der Waals surface area contributed by atoms with Crippen molar-refractivity contribution in [1.82, 2.24) is 10.6 Å². The summed E-state index contributed by atoms with van der Waals surface area (Å²) in [6.07, 6.45) is -0.00987. The minimum atomic E-state index is -2.39. The van der Waals surface area contributed by atoms with Gasteiger partial charge in [-0.05, 0) is 6.92 Å². The second-order valence-electron chi connectivity index (χ2n) is 4.34. The molecule has 0 aromatic heterocycles. The number of nitrogens with zero attached hydrogens (tertiary/aromatic N) is 1. The van der Waals surface area contributed by atoms with Crippen molar-refractivity contribution >= 4 is 11.8 Å². The molecule has 0 spiro atoms. The number of carbonyl (C=O) groups excluding carboxylic acids is 2. The van der Waals surface area contributed by atoms with Crippen molar-refractivity contribution in [2.75, 3.05) is 6.54 Å². The SMILES string of the molecule is C[C@H](NC(=O)c1c(F)c(F)c(F)c(F)c1F)C(=O)NCCC#N. The van der Waals surface area contributed by atoms with E-state index in [4.69, 9.17) is 5.26 Å². The van der Waals surface area contributed by atoms with Gasteiger partial charge in [-0.1, -0.05) is 0 Å². The molecule has 0 saturated heterocycles. The van der Waals surface area contributed by atoms with Gasteiger partial charge in [0.05, 0.1) is 12.5 Å². The third kappa shape index (κ3) is 3.94. The van der Waals surface area contributed by atoms with Crippen molar-refractivity contribution in [2.45, 2.75) is 19.4 Å². The molecule has 1 atom stereocenters. The van der Waals surface area contributed by atoms with Crippen molar-refractivity contribution in [3.63, 3.8) is 0 Å². The van der Waals surface area contributed by atoms with Crippen molar-refractivity contribution in [2.24, 2.45) is 0 Å². The van der Waals surface area contributed by atoms with Crippen LogP contribution in [0, 0.1) is 40.4 Å². The summed E-state index contributed by atoms with van der Waals surface area (Å²) in [6.45, 7) is 1.10. The first-order valence-electron chi connectivity index (χ1n) is 6.19. The molecule has 5 nitrogen and oxygen atoms in total. The number of carbonyl (C=O) groups is 2. The van der Waals surface area contributed by atoms with Crippen molar-refractivity contribution < 1.29 is 31.5 Å². The maximum atomic E-state index is 13.4. The molecule has 0 bridgehead atoms. The number of nitrogens with one attached hydrogen (secondary N) is 2. The van der Waals surface area contributed by atoms with Gasteiger partial charge in [-0.25, -0.2) is 22.0 Å². The van der Waals surface area contributed by atoms with Crippen LogP contribution < -0.4 is 10.6 Å². The predicted molar refractivity (Wildman–Crippen MR) is 66.4 cm³/mol. The Morgan fingerprint density at radius 1 is 1.04 bits per heavy atom. The van der Waals surface area contributed by atoms with Crippen LogP contribution in [-0.2, 0) is 4.79 Å². The van der Waals surface area contributed by atoms with E-state index in [0.717, 1.165) is 6.92 Å². The van der Waals surface area contributed by atoms with Gasteiger partial charge in [-0.3, -0.25) is 9.59 Å². The molecule has 2 N–H and O–H groups in total. The number of hydrogen-bond donors (Lipinski definition) is 2. The largest absolute Gasteiger partial charge is 0.353 e. The van der Waals surface area contributed by atoms with E-state index < -0.39 is 52.5 Å². The number of amides is 2. The van der Waals surface area contributed by atoms with Crippen LogP contribution in [-0.4, -0.2) is 24.4 Å². The highest BCUT2D eigenvalue weighted by Gasteiger charge is 2.30. The standard InChI is InChI=1S/C13H10F5N3O2/c1-5(12(22)20-4-2-3-19)21-13(23)6-7(14)9(16)11(18)10(17)8(6)15/h5H,2,4H2,1H3,(H,20,22)(H,21,23)/t5-/m0/s1. The van der Waals surface area contributed by atoms with Gasteiger partial charge in [0, 0.05) is 6.54 Å². The van der Waals surface area contributed by atoms with Crippen molar-refractivity contribution in [1.29, 1.82) is 5.26 Å². The lowest BCUT2D eigenvalue weighted by Gasteiger charge is -2.14. The first kappa shape index (κ1) is 18.3. The molecule has 10 heteroatoms. The molecule has 0 aliphatic heterocycles. The van der Waals surface area contributed by atoms with Crippen LogP contribution in [0.4, 0.5) is 22.0 Å². The molecule has 0 aliphatic carbocycles. The summed E-state index contributed by atoms with van der Waals surface area (Å²) in [5.74, 6) is -13.9. The Morgan fingerprint density at radius 2 is 1.52 bits per heavy atom. The van der Waals surface area contributed by atoms with Gasteiger partial charge in [0.2, 0.25) is 11.7 Å². The van der Waals surface area contributed by atoms with E-state index in [1.165, 1.54) is 0 Å². The minimum Gasteiger partial charge on any atom is -0.353 e. The molecular weight excluding hydrogens is 325 g/mol. The fraction of sp³-hybridized carbons (Fsp3) is 0.308. The third-order valence-electron chi connectivity index (χ3n) is 2.71. The van der Waals surface area contributed by atoms with Gasteiger partial charge in [-0.15, -0.1) is 0 Å². The van der Waals surface area contributed by atoms with Gasteiger partial charge < -0.3 is 10.6 Å². The summed E-state index contributed by atoms with van der Waals surface area (Å²) in [5.41, 5.74) is -1.68. The Balaban J connectivity index is 2.95. The maximum Gasteiger partial charge on any atom is 0.258 e. The highest BCUT2D eigenvalue weighted by atomic mass is 19.2. The van der Waals surface area contributed by atoms with Gasteiger partial charge in [0.25, 0.3) is 5.91 Å². The third-order valence-corrected chi connectivity index (χ3v) is 2.71. The Morgan fingerprint density at radius 3 is 2.00 bits per heavy atom. The molecule has 1 aromatic carbocycles. The zero-order valence-electron chi connectivity index (χ0n) is 11.6.